The van der Waals surface area contributed by atoms with Crippen molar-refractivity contribution in [3.63, 3.8) is 0 Å². The minimum atomic E-state index is 0.427. The summed E-state index contributed by atoms with van der Waals surface area (Å²) in [6.45, 7) is 6.34. The molecule has 0 unspecified atom stereocenters. The highest BCUT2D eigenvalue weighted by Crippen LogP contribution is 2.25. The Morgan fingerprint density at radius 3 is 2.81 bits per heavy atom. The molecular weight excluding hydrogens is 216 g/mol. The molecule has 2 rings (SSSR count). The van der Waals surface area contributed by atoms with Gasteiger partial charge in [0.25, 0.3) is 0 Å². The lowest BCUT2D eigenvalue weighted by atomic mass is 10.1. The zero-order chi connectivity index (χ0) is 11.5. The molecular formula is C13H16N2S. The maximum atomic E-state index is 4.57. The zero-order valence-corrected chi connectivity index (χ0v) is 10.6. The number of aromatic nitrogens is 1. The van der Waals surface area contributed by atoms with E-state index in [4.69, 9.17) is 0 Å². The van der Waals surface area contributed by atoms with Gasteiger partial charge in [-0.1, -0.05) is 23.8 Å². The Balaban J connectivity index is 2.24. The van der Waals surface area contributed by atoms with E-state index in [1.807, 2.05) is 0 Å². The quantitative estimate of drug-likeness (QED) is 0.867. The standard InChI is InChI=1S/C13H16N2S/c1-9(2)14-13-15-12(8-16-13)11-6-4-5-10(3)7-11/h4-9H,1-3H3,(H,14,15). The topological polar surface area (TPSA) is 24.9 Å². The molecule has 1 heterocycles. The van der Waals surface area contributed by atoms with Gasteiger partial charge < -0.3 is 5.32 Å². The second-order valence-corrected chi connectivity index (χ2v) is 5.06. The van der Waals surface area contributed by atoms with Crippen molar-refractivity contribution in [3.8, 4) is 11.3 Å². The van der Waals surface area contributed by atoms with Crippen molar-refractivity contribution in [1.82, 2.24) is 4.98 Å². The number of benzene rings is 1. The first kappa shape index (κ1) is 11.1. The molecule has 2 aromatic rings. The molecule has 84 valence electrons. The summed E-state index contributed by atoms with van der Waals surface area (Å²) >= 11 is 1.66. The van der Waals surface area contributed by atoms with Crippen LogP contribution in [0.1, 0.15) is 19.4 Å². The van der Waals surface area contributed by atoms with Crippen LogP contribution in [0.2, 0.25) is 0 Å². The maximum Gasteiger partial charge on any atom is 0.183 e. The van der Waals surface area contributed by atoms with Crippen LogP contribution in [-0.2, 0) is 0 Å². The highest BCUT2D eigenvalue weighted by molar-refractivity contribution is 7.14. The Labute approximate surface area is 100 Å². The van der Waals surface area contributed by atoms with E-state index < -0.39 is 0 Å². The maximum absolute atomic E-state index is 4.57. The van der Waals surface area contributed by atoms with Gasteiger partial charge in [0.15, 0.2) is 5.13 Å². The largest absolute Gasteiger partial charge is 0.359 e. The third-order valence-electron chi connectivity index (χ3n) is 2.23. The molecule has 0 radical (unpaired) electrons. The SMILES string of the molecule is Cc1cccc(-c2csc(NC(C)C)n2)c1. The lowest BCUT2D eigenvalue weighted by Gasteiger charge is -2.04. The van der Waals surface area contributed by atoms with Gasteiger partial charge in [0.2, 0.25) is 0 Å². The highest BCUT2D eigenvalue weighted by atomic mass is 32.1. The Kier molecular flexibility index (Phi) is 3.25. The highest BCUT2D eigenvalue weighted by Gasteiger charge is 2.05. The molecule has 3 heteroatoms. The summed E-state index contributed by atoms with van der Waals surface area (Å²) in [7, 11) is 0. The van der Waals surface area contributed by atoms with Gasteiger partial charge >= 0.3 is 0 Å². The average Bonchev–Trinajstić information content (AvgIpc) is 2.65. The predicted molar refractivity (Wildman–Crippen MR) is 71.0 cm³/mol. The van der Waals surface area contributed by atoms with Crippen LogP contribution < -0.4 is 5.32 Å². The van der Waals surface area contributed by atoms with E-state index >= 15 is 0 Å². The van der Waals surface area contributed by atoms with Gasteiger partial charge in [-0.25, -0.2) is 4.98 Å². The Morgan fingerprint density at radius 2 is 2.12 bits per heavy atom. The Bertz CT molecular complexity index is 474. The van der Waals surface area contributed by atoms with Gasteiger partial charge in [-0.2, -0.15) is 0 Å². The lowest BCUT2D eigenvalue weighted by molar-refractivity contribution is 0.897. The van der Waals surface area contributed by atoms with Gasteiger partial charge in [0, 0.05) is 17.0 Å². The van der Waals surface area contributed by atoms with Crippen molar-refractivity contribution in [3.05, 3.63) is 35.2 Å². The lowest BCUT2D eigenvalue weighted by Crippen LogP contribution is -2.08. The third kappa shape index (κ3) is 2.61. The molecule has 0 saturated carbocycles. The number of hydrogen-bond acceptors (Lipinski definition) is 3. The van der Waals surface area contributed by atoms with Gasteiger partial charge in [-0.15, -0.1) is 11.3 Å². The molecule has 16 heavy (non-hydrogen) atoms. The molecule has 0 aliphatic carbocycles. The van der Waals surface area contributed by atoms with Crippen molar-refractivity contribution in [2.24, 2.45) is 0 Å². The molecule has 0 aliphatic heterocycles. The first-order valence-electron chi connectivity index (χ1n) is 5.44. The zero-order valence-electron chi connectivity index (χ0n) is 9.82. The van der Waals surface area contributed by atoms with E-state index in [-0.39, 0.29) is 0 Å². The van der Waals surface area contributed by atoms with Gasteiger partial charge in [0.1, 0.15) is 0 Å². The predicted octanol–water partition coefficient (Wildman–Crippen LogP) is 3.94. The third-order valence-corrected chi connectivity index (χ3v) is 3.00. The van der Waals surface area contributed by atoms with Crippen LogP contribution in [0.4, 0.5) is 5.13 Å². The van der Waals surface area contributed by atoms with E-state index in [0.717, 1.165) is 10.8 Å². The fraction of sp³-hybridized carbons (Fsp3) is 0.308. The van der Waals surface area contributed by atoms with E-state index in [0.29, 0.717) is 6.04 Å². The minimum Gasteiger partial charge on any atom is -0.359 e. The number of aryl methyl sites for hydroxylation is 1. The van der Waals surface area contributed by atoms with Gasteiger partial charge in [0.05, 0.1) is 5.69 Å². The van der Waals surface area contributed by atoms with Crippen LogP contribution in [0.5, 0.6) is 0 Å². The summed E-state index contributed by atoms with van der Waals surface area (Å²) < 4.78 is 0. The molecule has 0 aliphatic rings. The van der Waals surface area contributed by atoms with E-state index in [1.165, 1.54) is 11.1 Å². The van der Waals surface area contributed by atoms with E-state index in [1.54, 1.807) is 11.3 Å². The van der Waals surface area contributed by atoms with Crippen molar-refractivity contribution in [2.75, 3.05) is 5.32 Å². The molecule has 2 nitrogen and oxygen atoms in total. The summed E-state index contributed by atoms with van der Waals surface area (Å²) in [6.07, 6.45) is 0. The summed E-state index contributed by atoms with van der Waals surface area (Å²) in [6, 6.07) is 8.86. The first-order chi connectivity index (χ1) is 7.65. The summed E-state index contributed by atoms with van der Waals surface area (Å²) in [5, 5.41) is 6.41. The fourth-order valence-corrected chi connectivity index (χ4v) is 2.39. The van der Waals surface area contributed by atoms with E-state index in [2.05, 4.69) is 60.7 Å². The van der Waals surface area contributed by atoms with Crippen LogP contribution in [0.15, 0.2) is 29.6 Å². The van der Waals surface area contributed by atoms with Gasteiger partial charge in [-0.3, -0.25) is 0 Å². The van der Waals surface area contributed by atoms with E-state index in [9.17, 15) is 0 Å². The molecule has 0 amide bonds. The number of hydrogen-bond donors (Lipinski definition) is 1. The van der Waals surface area contributed by atoms with Gasteiger partial charge in [-0.05, 0) is 26.8 Å². The van der Waals surface area contributed by atoms with Crippen molar-refractivity contribution < 1.29 is 0 Å². The molecule has 0 bridgehead atoms. The summed E-state index contributed by atoms with van der Waals surface area (Å²) in [5.41, 5.74) is 3.51. The van der Waals surface area contributed by atoms with Crippen molar-refractivity contribution >= 4 is 16.5 Å². The second kappa shape index (κ2) is 4.66. The van der Waals surface area contributed by atoms with Crippen LogP contribution >= 0.6 is 11.3 Å². The molecule has 0 saturated heterocycles. The van der Waals surface area contributed by atoms with Crippen LogP contribution in [0.3, 0.4) is 0 Å². The number of rotatable bonds is 3. The monoisotopic (exact) mass is 232 g/mol. The molecule has 1 aromatic carbocycles. The van der Waals surface area contributed by atoms with Crippen LogP contribution in [0, 0.1) is 6.92 Å². The van der Waals surface area contributed by atoms with Crippen molar-refractivity contribution in [2.45, 2.75) is 26.8 Å². The summed E-state index contributed by atoms with van der Waals surface area (Å²) in [5.74, 6) is 0. The minimum absolute atomic E-state index is 0.427. The normalized spacial score (nSPS) is 10.8. The van der Waals surface area contributed by atoms with Crippen LogP contribution in [0.25, 0.3) is 11.3 Å². The Morgan fingerprint density at radius 1 is 1.31 bits per heavy atom. The molecule has 0 fully saturated rings. The molecule has 0 spiro atoms. The smallest absolute Gasteiger partial charge is 0.183 e. The number of anilines is 1. The summed E-state index contributed by atoms with van der Waals surface area (Å²) in [4.78, 5) is 4.57. The average molecular weight is 232 g/mol. The number of nitrogens with one attached hydrogen (secondary N) is 1. The first-order valence-corrected chi connectivity index (χ1v) is 6.32. The Hall–Kier alpha value is -1.35. The second-order valence-electron chi connectivity index (χ2n) is 4.21. The molecule has 1 aromatic heterocycles. The molecule has 0 atom stereocenters. The van der Waals surface area contributed by atoms with Crippen LogP contribution in [-0.4, -0.2) is 11.0 Å². The fourth-order valence-electron chi connectivity index (χ4n) is 1.52. The number of nitrogens with zero attached hydrogens (tertiary/aromatic N) is 1. The number of thiazole rings is 1. The molecule has 1 N–H and O–H groups in total. The van der Waals surface area contributed by atoms with Crippen molar-refractivity contribution in [1.29, 1.82) is 0 Å².